The molecule has 5 heteroatoms. The van der Waals surface area contributed by atoms with Gasteiger partial charge in [-0.1, -0.05) is 12.8 Å². The standard InChI is InChI=1S/C15H28N4O/c1-11(2)19-13(4)15(12(3)18-19)17-14(20)9-7-5-6-8-10-16/h11H,5-10,16H2,1-4H3,(H,17,20). The highest BCUT2D eigenvalue weighted by molar-refractivity contribution is 5.91. The van der Waals surface area contributed by atoms with Crippen molar-refractivity contribution in [2.24, 2.45) is 5.73 Å². The summed E-state index contributed by atoms with van der Waals surface area (Å²) in [6.45, 7) is 8.84. The molecule has 0 aromatic carbocycles. The number of aryl methyl sites for hydroxylation is 1. The second-order valence-corrected chi connectivity index (χ2v) is 5.59. The van der Waals surface area contributed by atoms with Gasteiger partial charge in [0.15, 0.2) is 0 Å². The lowest BCUT2D eigenvalue weighted by atomic mass is 10.1. The summed E-state index contributed by atoms with van der Waals surface area (Å²) >= 11 is 0. The quantitative estimate of drug-likeness (QED) is 0.719. The first-order valence-electron chi connectivity index (χ1n) is 7.53. The van der Waals surface area contributed by atoms with Crippen molar-refractivity contribution in [3.63, 3.8) is 0 Å². The van der Waals surface area contributed by atoms with Crippen LogP contribution in [-0.2, 0) is 4.79 Å². The Bertz CT molecular complexity index is 437. The third-order valence-corrected chi connectivity index (χ3v) is 3.44. The summed E-state index contributed by atoms with van der Waals surface area (Å²) in [5, 5.41) is 7.47. The number of rotatable bonds is 8. The van der Waals surface area contributed by atoms with E-state index in [2.05, 4.69) is 24.3 Å². The fourth-order valence-electron chi connectivity index (χ4n) is 2.33. The van der Waals surface area contributed by atoms with Crippen LogP contribution in [0.25, 0.3) is 0 Å². The predicted octanol–water partition coefficient (Wildman–Crippen LogP) is 2.93. The summed E-state index contributed by atoms with van der Waals surface area (Å²) in [7, 11) is 0. The first kappa shape index (κ1) is 16.7. The molecule has 1 aromatic rings. The number of nitrogens with one attached hydrogen (secondary N) is 1. The number of carbonyl (C=O) groups excluding carboxylic acids is 1. The van der Waals surface area contributed by atoms with Gasteiger partial charge in [0.2, 0.25) is 5.91 Å². The number of anilines is 1. The average Bonchev–Trinajstić information content (AvgIpc) is 2.66. The molecule has 0 aliphatic carbocycles. The summed E-state index contributed by atoms with van der Waals surface area (Å²) < 4.78 is 1.95. The minimum absolute atomic E-state index is 0.0762. The van der Waals surface area contributed by atoms with Crippen LogP contribution in [0.3, 0.4) is 0 Å². The van der Waals surface area contributed by atoms with Crippen molar-refractivity contribution >= 4 is 11.6 Å². The van der Waals surface area contributed by atoms with Gasteiger partial charge in [0, 0.05) is 12.5 Å². The molecule has 1 rings (SSSR count). The second-order valence-electron chi connectivity index (χ2n) is 5.59. The van der Waals surface area contributed by atoms with E-state index in [0.29, 0.717) is 12.5 Å². The summed E-state index contributed by atoms with van der Waals surface area (Å²) in [6, 6.07) is 0.301. The molecule has 5 nitrogen and oxygen atoms in total. The lowest BCUT2D eigenvalue weighted by Crippen LogP contribution is -2.13. The zero-order valence-corrected chi connectivity index (χ0v) is 13.2. The molecule has 0 bridgehead atoms. The number of amides is 1. The van der Waals surface area contributed by atoms with Gasteiger partial charge in [-0.25, -0.2) is 0 Å². The highest BCUT2D eigenvalue weighted by Gasteiger charge is 2.15. The van der Waals surface area contributed by atoms with Gasteiger partial charge in [-0.15, -0.1) is 0 Å². The topological polar surface area (TPSA) is 72.9 Å². The zero-order chi connectivity index (χ0) is 15.1. The van der Waals surface area contributed by atoms with E-state index in [1.165, 1.54) is 0 Å². The number of nitrogens with zero attached hydrogens (tertiary/aromatic N) is 2. The average molecular weight is 280 g/mol. The van der Waals surface area contributed by atoms with Crippen molar-refractivity contribution < 1.29 is 4.79 Å². The van der Waals surface area contributed by atoms with Crippen LogP contribution in [0.5, 0.6) is 0 Å². The maximum atomic E-state index is 12.0. The van der Waals surface area contributed by atoms with Crippen molar-refractivity contribution in [3.05, 3.63) is 11.4 Å². The Morgan fingerprint density at radius 3 is 2.45 bits per heavy atom. The molecule has 114 valence electrons. The molecular formula is C15H28N4O. The van der Waals surface area contributed by atoms with Crippen LogP contribution in [-0.4, -0.2) is 22.2 Å². The van der Waals surface area contributed by atoms with Crippen molar-refractivity contribution in [1.29, 1.82) is 0 Å². The molecule has 0 saturated heterocycles. The van der Waals surface area contributed by atoms with E-state index in [9.17, 15) is 4.79 Å². The van der Waals surface area contributed by atoms with Gasteiger partial charge in [0.05, 0.1) is 17.1 Å². The largest absolute Gasteiger partial charge is 0.330 e. The molecular weight excluding hydrogens is 252 g/mol. The third kappa shape index (κ3) is 4.63. The van der Waals surface area contributed by atoms with Crippen LogP contribution in [0.15, 0.2) is 0 Å². The molecule has 1 aromatic heterocycles. The first-order valence-corrected chi connectivity index (χ1v) is 7.53. The van der Waals surface area contributed by atoms with E-state index in [4.69, 9.17) is 5.73 Å². The van der Waals surface area contributed by atoms with Crippen LogP contribution in [0.2, 0.25) is 0 Å². The maximum Gasteiger partial charge on any atom is 0.224 e. The molecule has 0 aliphatic heterocycles. The molecule has 0 saturated carbocycles. The molecule has 1 amide bonds. The lowest BCUT2D eigenvalue weighted by Gasteiger charge is -2.09. The number of carbonyl (C=O) groups is 1. The van der Waals surface area contributed by atoms with Crippen molar-refractivity contribution in [1.82, 2.24) is 9.78 Å². The second kappa shape index (κ2) is 8.04. The monoisotopic (exact) mass is 280 g/mol. The number of hydrogen-bond acceptors (Lipinski definition) is 3. The van der Waals surface area contributed by atoms with Gasteiger partial charge in [0.25, 0.3) is 0 Å². The Morgan fingerprint density at radius 1 is 1.25 bits per heavy atom. The van der Waals surface area contributed by atoms with Crippen molar-refractivity contribution in [2.75, 3.05) is 11.9 Å². The maximum absolute atomic E-state index is 12.0. The minimum Gasteiger partial charge on any atom is -0.330 e. The van der Waals surface area contributed by atoms with Gasteiger partial charge in [-0.05, 0) is 47.1 Å². The zero-order valence-electron chi connectivity index (χ0n) is 13.2. The van der Waals surface area contributed by atoms with Gasteiger partial charge in [-0.3, -0.25) is 9.48 Å². The summed E-state index contributed by atoms with van der Waals surface area (Å²) in [6.07, 6.45) is 4.69. The van der Waals surface area contributed by atoms with Crippen molar-refractivity contribution in [3.8, 4) is 0 Å². The highest BCUT2D eigenvalue weighted by Crippen LogP contribution is 2.22. The Balaban J connectivity index is 2.50. The molecule has 0 aliphatic rings. The smallest absolute Gasteiger partial charge is 0.224 e. The molecule has 0 radical (unpaired) electrons. The Labute approximate surface area is 121 Å². The van der Waals surface area contributed by atoms with Crippen LogP contribution in [0, 0.1) is 13.8 Å². The molecule has 20 heavy (non-hydrogen) atoms. The van der Waals surface area contributed by atoms with E-state index in [0.717, 1.165) is 49.3 Å². The minimum atomic E-state index is 0.0762. The normalized spacial score (nSPS) is 11.1. The third-order valence-electron chi connectivity index (χ3n) is 3.44. The van der Waals surface area contributed by atoms with E-state index in [1.54, 1.807) is 0 Å². The van der Waals surface area contributed by atoms with Gasteiger partial charge < -0.3 is 11.1 Å². The van der Waals surface area contributed by atoms with Crippen LogP contribution < -0.4 is 11.1 Å². The number of unbranched alkanes of at least 4 members (excludes halogenated alkanes) is 3. The van der Waals surface area contributed by atoms with E-state index in [-0.39, 0.29) is 5.91 Å². The van der Waals surface area contributed by atoms with E-state index < -0.39 is 0 Å². The highest BCUT2D eigenvalue weighted by atomic mass is 16.1. The predicted molar refractivity (Wildman–Crippen MR) is 82.9 cm³/mol. The van der Waals surface area contributed by atoms with Gasteiger partial charge in [0.1, 0.15) is 0 Å². The summed E-state index contributed by atoms with van der Waals surface area (Å²) in [5.74, 6) is 0.0762. The molecule has 1 heterocycles. The van der Waals surface area contributed by atoms with E-state index in [1.807, 2.05) is 18.5 Å². The number of nitrogens with two attached hydrogens (primary N) is 1. The summed E-state index contributed by atoms with van der Waals surface area (Å²) in [4.78, 5) is 12.0. The van der Waals surface area contributed by atoms with Crippen LogP contribution in [0.4, 0.5) is 5.69 Å². The molecule has 0 atom stereocenters. The SMILES string of the molecule is Cc1nn(C(C)C)c(C)c1NC(=O)CCCCCCN. The Morgan fingerprint density at radius 2 is 1.90 bits per heavy atom. The number of aromatic nitrogens is 2. The molecule has 0 unspecified atom stereocenters. The van der Waals surface area contributed by atoms with Gasteiger partial charge >= 0.3 is 0 Å². The fraction of sp³-hybridized carbons (Fsp3) is 0.733. The van der Waals surface area contributed by atoms with E-state index >= 15 is 0 Å². The lowest BCUT2D eigenvalue weighted by molar-refractivity contribution is -0.116. The Kier molecular flexibility index (Phi) is 6.71. The molecule has 0 fully saturated rings. The first-order chi connectivity index (χ1) is 9.47. The summed E-state index contributed by atoms with van der Waals surface area (Å²) in [5.41, 5.74) is 8.21. The molecule has 3 N–H and O–H groups in total. The van der Waals surface area contributed by atoms with Crippen LogP contribution in [0.1, 0.15) is 63.4 Å². The van der Waals surface area contributed by atoms with Gasteiger partial charge in [-0.2, -0.15) is 5.10 Å². The fourth-order valence-corrected chi connectivity index (χ4v) is 2.33. The van der Waals surface area contributed by atoms with Crippen molar-refractivity contribution in [2.45, 2.75) is 65.8 Å². The Hall–Kier alpha value is -1.36. The number of hydrogen-bond donors (Lipinski definition) is 2. The molecule has 0 spiro atoms. The van der Waals surface area contributed by atoms with Crippen LogP contribution >= 0.6 is 0 Å².